The minimum absolute atomic E-state index is 0.447. The van der Waals surface area contributed by atoms with Crippen molar-refractivity contribution in [2.45, 2.75) is 25.8 Å². The van der Waals surface area contributed by atoms with E-state index in [4.69, 9.17) is 0 Å². The molecule has 0 aromatic carbocycles. The molecule has 2 N–H and O–H groups in total. The quantitative estimate of drug-likeness (QED) is 0.815. The van der Waals surface area contributed by atoms with E-state index >= 15 is 0 Å². The van der Waals surface area contributed by atoms with Crippen molar-refractivity contribution in [2.24, 2.45) is 0 Å². The first-order valence-corrected chi connectivity index (χ1v) is 6.11. The van der Waals surface area contributed by atoms with Gasteiger partial charge in [0, 0.05) is 18.8 Å². The predicted octanol–water partition coefficient (Wildman–Crippen LogP) is 1.20. The molecule has 1 unspecified atom stereocenters. The summed E-state index contributed by atoms with van der Waals surface area (Å²) in [5.41, 5.74) is 2.10. The molecule has 0 bridgehead atoms. The zero-order chi connectivity index (χ0) is 11.7. The SMILES string of the molecule is Cc1ccn2nc(NC3CCCNC3)nc2c1. The number of piperidine rings is 1. The zero-order valence-corrected chi connectivity index (χ0v) is 9.98. The minimum atomic E-state index is 0.447. The number of aryl methyl sites for hydroxylation is 1. The fourth-order valence-electron chi connectivity index (χ4n) is 2.20. The lowest BCUT2D eigenvalue weighted by molar-refractivity contribution is 0.478. The Morgan fingerprint density at radius 3 is 3.29 bits per heavy atom. The third-order valence-electron chi connectivity index (χ3n) is 3.12. The maximum atomic E-state index is 4.48. The van der Waals surface area contributed by atoms with Gasteiger partial charge in [0.2, 0.25) is 5.95 Å². The predicted molar refractivity (Wildman–Crippen MR) is 67.2 cm³/mol. The number of rotatable bonds is 2. The second-order valence-electron chi connectivity index (χ2n) is 4.63. The fraction of sp³-hybridized carbons (Fsp3) is 0.500. The number of hydrogen-bond acceptors (Lipinski definition) is 4. The molecule has 0 amide bonds. The molecule has 0 saturated carbocycles. The van der Waals surface area contributed by atoms with Crippen LogP contribution < -0.4 is 10.6 Å². The van der Waals surface area contributed by atoms with Crippen molar-refractivity contribution in [1.82, 2.24) is 19.9 Å². The lowest BCUT2D eigenvalue weighted by Crippen LogP contribution is -2.38. The summed E-state index contributed by atoms with van der Waals surface area (Å²) in [7, 11) is 0. The molecule has 17 heavy (non-hydrogen) atoms. The molecule has 0 aliphatic carbocycles. The van der Waals surface area contributed by atoms with Crippen LogP contribution in [0, 0.1) is 6.92 Å². The molecular weight excluding hydrogens is 214 g/mol. The third kappa shape index (κ3) is 2.24. The normalized spacial score (nSPS) is 20.6. The van der Waals surface area contributed by atoms with Crippen molar-refractivity contribution in [1.29, 1.82) is 0 Å². The van der Waals surface area contributed by atoms with Crippen LogP contribution in [-0.4, -0.2) is 33.7 Å². The number of nitrogens with zero attached hydrogens (tertiary/aromatic N) is 3. The van der Waals surface area contributed by atoms with Gasteiger partial charge in [-0.3, -0.25) is 0 Å². The highest BCUT2D eigenvalue weighted by molar-refractivity contribution is 5.45. The first-order valence-electron chi connectivity index (χ1n) is 6.11. The summed E-state index contributed by atoms with van der Waals surface area (Å²) >= 11 is 0. The Hall–Kier alpha value is -1.62. The van der Waals surface area contributed by atoms with Crippen LogP contribution in [0.2, 0.25) is 0 Å². The average molecular weight is 231 g/mol. The van der Waals surface area contributed by atoms with Gasteiger partial charge in [0.25, 0.3) is 0 Å². The van der Waals surface area contributed by atoms with Crippen LogP contribution in [0.4, 0.5) is 5.95 Å². The van der Waals surface area contributed by atoms with Crippen LogP contribution in [0.1, 0.15) is 18.4 Å². The van der Waals surface area contributed by atoms with Crippen molar-refractivity contribution in [2.75, 3.05) is 18.4 Å². The van der Waals surface area contributed by atoms with Gasteiger partial charge in [-0.05, 0) is 44.0 Å². The molecule has 5 nitrogen and oxygen atoms in total. The maximum absolute atomic E-state index is 4.48. The van der Waals surface area contributed by atoms with Crippen LogP contribution in [0.5, 0.6) is 0 Å². The van der Waals surface area contributed by atoms with Gasteiger partial charge in [-0.2, -0.15) is 4.98 Å². The van der Waals surface area contributed by atoms with Crippen LogP contribution >= 0.6 is 0 Å². The van der Waals surface area contributed by atoms with E-state index in [0.717, 1.165) is 24.7 Å². The number of fused-ring (bicyclic) bond motifs is 1. The number of anilines is 1. The standard InChI is InChI=1S/C12H17N5/c1-9-4-6-17-11(7-9)15-12(16-17)14-10-3-2-5-13-8-10/h4,6-7,10,13H,2-3,5,8H2,1H3,(H,14,16). The second kappa shape index (κ2) is 4.33. The Morgan fingerprint density at radius 2 is 2.47 bits per heavy atom. The van der Waals surface area contributed by atoms with Crippen LogP contribution in [0.3, 0.4) is 0 Å². The summed E-state index contributed by atoms with van der Waals surface area (Å²) in [4.78, 5) is 4.48. The Morgan fingerprint density at radius 1 is 1.53 bits per heavy atom. The van der Waals surface area contributed by atoms with Gasteiger partial charge >= 0.3 is 0 Å². The summed E-state index contributed by atoms with van der Waals surface area (Å²) in [6.07, 6.45) is 4.34. The highest BCUT2D eigenvalue weighted by atomic mass is 15.3. The number of pyridine rings is 1. The lowest BCUT2D eigenvalue weighted by Gasteiger charge is -2.22. The Bertz CT molecular complexity index is 513. The topological polar surface area (TPSA) is 54.2 Å². The van der Waals surface area contributed by atoms with Gasteiger partial charge in [-0.15, -0.1) is 5.10 Å². The van der Waals surface area contributed by atoms with Crippen molar-refractivity contribution in [3.05, 3.63) is 23.9 Å². The smallest absolute Gasteiger partial charge is 0.243 e. The molecular formula is C12H17N5. The molecule has 5 heteroatoms. The maximum Gasteiger partial charge on any atom is 0.243 e. The molecule has 2 aromatic rings. The monoisotopic (exact) mass is 231 g/mol. The summed E-state index contributed by atoms with van der Waals surface area (Å²) < 4.78 is 1.81. The summed E-state index contributed by atoms with van der Waals surface area (Å²) in [5.74, 6) is 0.726. The summed E-state index contributed by atoms with van der Waals surface area (Å²) in [6.45, 7) is 4.18. The summed E-state index contributed by atoms with van der Waals surface area (Å²) in [5, 5.41) is 11.2. The molecule has 90 valence electrons. The van der Waals surface area contributed by atoms with Gasteiger partial charge in [0.05, 0.1) is 0 Å². The highest BCUT2D eigenvalue weighted by Crippen LogP contribution is 2.11. The molecule has 3 rings (SSSR count). The number of nitrogens with one attached hydrogen (secondary N) is 2. The van der Waals surface area contributed by atoms with Crippen molar-refractivity contribution in [3.63, 3.8) is 0 Å². The highest BCUT2D eigenvalue weighted by Gasteiger charge is 2.14. The van der Waals surface area contributed by atoms with Crippen LogP contribution in [0.25, 0.3) is 5.65 Å². The van der Waals surface area contributed by atoms with E-state index in [9.17, 15) is 0 Å². The van der Waals surface area contributed by atoms with Gasteiger partial charge in [-0.1, -0.05) is 0 Å². The summed E-state index contributed by atoms with van der Waals surface area (Å²) in [6, 6.07) is 4.52. The van der Waals surface area contributed by atoms with E-state index in [-0.39, 0.29) is 0 Å². The lowest BCUT2D eigenvalue weighted by atomic mass is 10.1. The molecule has 1 fully saturated rings. The van der Waals surface area contributed by atoms with Crippen LogP contribution in [-0.2, 0) is 0 Å². The zero-order valence-electron chi connectivity index (χ0n) is 9.98. The number of aromatic nitrogens is 3. The molecule has 3 heterocycles. The average Bonchev–Trinajstić information content (AvgIpc) is 2.71. The molecule has 0 spiro atoms. The molecule has 2 aromatic heterocycles. The van der Waals surface area contributed by atoms with Crippen molar-refractivity contribution >= 4 is 11.6 Å². The molecule has 1 aliphatic rings. The molecule has 1 saturated heterocycles. The van der Waals surface area contributed by atoms with Crippen molar-refractivity contribution in [3.8, 4) is 0 Å². The van der Waals surface area contributed by atoms with E-state index in [1.54, 1.807) is 0 Å². The Kier molecular flexibility index (Phi) is 2.68. The van der Waals surface area contributed by atoms with Gasteiger partial charge in [0.15, 0.2) is 5.65 Å². The third-order valence-corrected chi connectivity index (χ3v) is 3.12. The minimum Gasteiger partial charge on any atom is -0.349 e. The Balaban J connectivity index is 1.80. The largest absolute Gasteiger partial charge is 0.349 e. The van der Waals surface area contributed by atoms with E-state index < -0.39 is 0 Å². The van der Waals surface area contributed by atoms with Gasteiger partial charge in [-0.25, -0.2) is 4.52 Å². The number of hydrogen-bond donors (Lipinski definition) is 2. The molecule has 0 radical (unpaired) electrons. The molecule has 1 aliphatic heterocycles. The second-order valence-corrected chi connectivity index (χ2v) is 4.63. The van der Waals surface area contributed by atoms with E-state index in [0.29, 0.717) is 6.04 Å². The van der Waals surface area contributed by atoms with E-state index in [1.807, 2.05) is 22.8 Å². The first-order chi connectivity index (χ1) is 8.31. The van der Waals surface area contributed by atoms with Crippen molar-refractivity contribution < 1.29 is 0 Å². The molecule has 1 atom stereocenters. The fourth-order valence-corrected chi connectivity index (χ4v) is 2.20. The Labute approximate surface area is 100 Å². The van der Waals surface area contributed by atoms with E-state index in [1.165, 1.54) is 18.4 Å². The first kappa shape index (κ1) is 10.5. The van der Waals surface area contributed by atoms with E-state index in [2.05, 4.69) is 27.6 Å². The van der Waals surface area contributed by atoms with Gasteiger partial charge < -0.3 is 10.6 Å². The van der Waals surface area contributed by atoms with Gasteiger partial charge in [0.1, 0.15) is 0 Å². The van der Waals surface area contributed by atoms with Crippen LogP contribution in [0.15, 0.2) is 18.3 Å².